The lowest BCUT2D eigenvalue weighted by atomic mass is 9.88. The molecule has 1 atom stereocenters. The van der Waals surface area contributed by atoms with Crippen molar-refractivity contribution in [1.82, 2.24) is 0 Å². The van der Waals surface area contributed by atoms with E-state index in [9.17, 15) is 4.79 Å². The Labute approximate surface area is 134 Å². The van der Waals surface area contributed by atoms with Crippen molar-refractivity contribution in [2.45, 2.75) is 73.5 Å². The van der Waals surface area contributed by atoms with Gasteiger partial charge in [0.05, 0.1) is 12.0 Å². The smallest absolute Gasteiger partial charge is 0.313 e. The van der Waals surface area contributed by atoms with Crippen molar-refractivity contribution >= 4 is 17.7 Å². The molecule has 21 heavy (non-hydrogen) atoms. The molecular formula is C17H32O3S. The molecule has 3 nitrogen and oxygen atoms in total. The van der Waals surface area contributed by atoms with Crippen LogP contribution in [-0.2, 0) is 14.3 Å². The number of carbonyl (C=O) groups is 1. The summed E-state index contributed by atoms with van der Waals surface area (Å²) >= 11 is 1.83. The lowest BCUT2D eigenvalue weighted by Crippen LogP contribution is -2.31. The minimum atomic E-state index is -0.432. The molecule has 0 aromatic heterocycles. The summed E-state index contributed by atoms with van der Waals surface area (Å²) in [5.41, 5.74) is -0.432. The van der Waals surface area contributed by atoms with E-state index in [0.29, 0.717) is 13.0 Å². The second-order valence-electron chi connectivity index (χ2n) is 5.69. The van der Waals surface area contributed by atoms with Gasteiger partial charge < -0.3 is 9.47 Å². The topological polar surface area (TPSA) is 35.5 Å². The standard InChI is InChI=1S/C17H32O3S/c1-7-12-17(5,6)16(18)20-15(9-3)19-13-11-14(8-2)21-10-4/h8,15H,7,9-13H2,1-6H3/b14-8-. The van der Waals surface area contributed by atoms with Crippen molar-refractivity contribution < 1.29 is 14.3 Å². The molecule has 0 aliphatic carbocycles. The van der Waals surface area contributed by atoms with Gasteiger partial charge in [0.2, 0.25) is 6.29 Å². The van der Waals surface area contributed by atoms with Crippen LogP contribution >= 0.6 is 11.8 Å². The fraction of sp³-hybridized carbons (Fsp3) is 0.824. The highest BCUT2D eigenvalue weighted by Gasteiger charge is 2.30. The van der Waals surface area contributed by atoms with E-state index in [1.807, 2.05) is 39.5 Å². The predicted molar refractivity (Wildman–Crippen MR) is 91.3 cm³/mol. The number of allylic oxidation sites excluding steroid dienone is 1. The molecule has 1 unspecified atom stereocenters. The van der Waals surface area contributed by atoms with Gasteiger partial charge in [0.1, 0.15) is 0 Å². The highest BCUT2D eigenvalue weighted by molar-refractivity contribution is 8.03. The van der Waals surface area contributed by atoms with Gasteiger partial charge in [-0.2, -0.15) is 0 Å². The largest absolute Gasteiger partial charge is 0.435 e. The molecule has 0 spiro atoms. The molecule has 124 valence electrons. The third-order valence-electron chi connectivity index (χ3n) is 3.30. The second kappa shape index (κ2) is 11.1. The maximum absolute atomic E-state index is 12.2. The number of ether oxygens (including phenoxy) is 2. The monoisotopic (exact) mass is 316 g/mol. The zero-order valence-electron chi connectivity index (χ0n) is 14.5. The highest BCUT2D eigenvalue weighted by atomic mass is 32.2. The van der Waals surface area contributed by atoms with Gasteiger partial charge >= 0.3 is 5.97 Å². The Hall–Kier alpha value is -0.480. The van der Waals surface area contributed by atoms with Crippen LogP contribution in [0.2, 0.25) is 0 Å². The first-order chi connectivity index (χ1) is 9.91. The Balaban J connectivity index is 4.25. The molecule has 0 N–H and O–H groups in total. The molecule has 0 radical (unpaired) electrons. The van der Waals surface area contributed by atoms with E-state index in [-0.39, 0.29) is 5.97 Å². The van der Waals surface area contributed by atoms with E-state index in [2.05, 4.69) is 19.9 Å². The molecule has 0 fully saturated rings. The van der Waals surface area contributed by atoms with Gasteiger partial charge in [-0.15, -0.1) is 11.8 Å². The molecule has 0 saturated carbocycles. The summed E-state index contributed by atoms with van der Waals surface area (Å²) < 4.78 is 11.2. The van der Waals surface area contributed by atoms with Gasteiger partial charge in [0, 0.05) is 12.8 Å². The average Bonchev–Trinajstić information content (AvgIpc) is 2.44. The van der Waals surface area contributed by atoms with Crippen LogP contribution in [0.1, 0.15) is 67.2 Å². The van der Waals surface area contributed by atoms with E-state index in [0.717, 1.165) is 25.0 Å². The van der Waals surface area contributed by atoms with E-state index in [1.165, 1.54) is 4.91 Å². The van der Waals surface area contributed by atoms with Crippen LogP contribution in [0, 0.1) is 5.41 Å². The SMILES string of the molecule is C/C=C(/CCOC(CC)OC(=O)C(C)(C)CCC)SCC. The van der Waals surface area contributed by atoms with E-state index in [4.69, 9.17) is 9.47 Å². The first-order valence-corrected chi connectivity index (χ1v) is 9.00. The van der Waals surface area contributed by atoms with E-state index < -0.39 is 11.7 Å². The quantitative estimate of drug-likeness (QED) is 0.390. The van der Waals surface area contributed by atoms with Crippen LogP contribution < -0.4 is 0 Å². The van der Waals surface area contributed by atoms with Crippen LogP contribution in [-0.4, -0.2) is 24.6 Å². The zero-order chi connectivity index (χ0) is 16.3. The van der Waals surface area contributed by atoms with Gasteiger partial charge in [-0.05, 0) is 37.9 Å². The van der Waals surface area contributed by atoms with Gasteiger partial charge in [0.25, 0.3) is 0 Å². The summed E-state index contributed by atoms with van der Waals surface area (Å²) in [5, 5.41) is 0. The van der Waals surface area contributed by atoms with Crippen molar-refractivity contribution in [3.05, 3.63) is 11.0 Å². The Kier molecular flexibility index (Phi) is 10.9. The van der Waals surface area contributed by atoms with Gasteiger partial charge in [-0.3, -0.25) is 4.79 Å². The van der Waals surface area contributed by atoms with Crippen molar-refractivity contribution in [3.8, 4) is 0 Å². The number of rotatable bonds is 11. The lowest BCUT2D eigenvalue weighted by Gasteiger charge is -2.25. The number of thioether (sulfide) groups is 1. The predicted octanol–water partition coefficient (Wildman–Crippen LogP) is 5.16. The fourth-order valence-corrected chi connectivity index (χ4v) is 2.78. The summed E-state index contributed by atoms with van der Waals surface area (Å²) in [5.74, 6) is 0.905. The molecule has 0 aliphatic rings. The summed E-state index contributed by atoms with van der Waals surface area (Å²) in [6.45, 7) is 12.7. The lowest BCUT2D eigenvalue weighted by molar-refractivity contribution is -0.189. The summed E-state index contributed by atoms with van der Waals surface area (Å²) in [4.78, 5) is 13.5. The highest BCUT2D eigenvalue weighted by Crippen LogP contribution is 2.25. The summed E-state index contributed by atoms with van der Waals surface area (Å²) in [7, 11) is 0. The van der Waals surface area contributed by atoms with Crippen LogP contribution in [0.4, 0.5) is 0 Å². The molecule has 0 amide bonds. The van der Waals surface area contributed by atoms with Crippen molar-refractivity contribution in [3.63, 3.8) is 0 Å². The molecular weight excluding hydrogens is 284 g/mol. The van der Waals surface area contributed by atoms with Crippen molar-refractivity contribution in [2.75, 3.05) is 12.4 Å². The van der Waals surface area contributed by atoms with Gasteiger partial charge in [-0.25, -0.2) is 0 Å². The zero-order valence-corrected chi connectivity index (χ0v) is 15.3. The first-order valence-electron chi connectivity index (χ1n) is 8.01. The molecule has 0 aliphatic heterocycles. The van der Waals surface area contributed by atoms with E-state index in [1.54, 1.807) is 0 Å². The Morgan fingerprint density at radius 2 is 1.95 bits per heavy atom. The Bertz CT molecular complexity index is 324. The maximum atomic E-state index is 12.2. The first kappa shape index (κ1) is 20.5. The Morgan fingerprint density at radius 1 is 1.29 bits per heavy atom. The van der Waals surface area contributed by atoms with Crippen LogP contribution in [0.25, 0.3) is 0 Å². The molecule has 0 rings (SSSR count). The summed E-state index contributed by atoms with van der Waals surface area (Å²) in [6.07, 6.45) is 5.05. The van der Waals surface area contributed by atoms with E-state index >= 15 is 0 Å². The van der Waals surface area contributed by atoms with Gasteiger partial charge in [0.15, 0.2) is 0 Å². The minimum absolute atomic E-state index is 0.162. The Morgan fingerprint density at radius 3 is 2.43 bits per heavy atom. The third-order valence-corrected chi connectivity index (χ3v) is 4.40. The number of hydrogen-bond acceptors (Lipinski definition) is 4. The molecule has 0 aromatic carbocycles. The molecule has 0 aromatic rings. The van der Waals surface area contributed by atoms with Crippen molar-refractivity contribution in [1.29, 1.82) is 0 Å². The normalized spacial score (nSPS) is 14.1. The summed E-state index contributed by atoms with van der Waals surface area (Å²) in [6, 6.07) is 0. The maximum Gasteiger partial charge on any atom is 0.313 e. The second-order valence-corrected chi connectivity index (χ2v) is 7.08. The van der Waals surface area contributed by atoms with Crippen LogP contribution in [0.15, 0.2) is 11.0 Å². The van der Waals surface area contributed by atoms with Crippen molar-refractivity contribution in [2.24, 2.45) is 5.41 Å². The third kappa shape index (κ3) is 8.52. The van der Waals surface area contributed by atoms with Gasteiger partial charge in [-0.1, -0.05) is 33.3 Å². The van der Waals surface area contributed by atoms with Crippen LogP contribution in [0.3, 0.4) is 0 Å². The van der Waals surface area contributed by atoms with Crippen LogP contribution in [0.5, 0.6) is 0 Å². The number of esters is 1. The fourth-order valence-electron chi connectivity index (χ4n) is 2.02. The minimum Gasteiger partial charge on any atom is -0.435 e. The number of carbonyl (C=O) groups excluding carboxylic acids is 1. The molecule has 0 bridgehead atoms. The molecule has 0 heterocycles. The average molecular weight is 317 g/mol. The molecule has 4 heteroatoms. The number of hydrogen-bond donors (Lipinski definition) is 0. The molecule has 0 saturated heterocycles.